The van der Waals surface area contributed by atoms with Gasteiger partial charge in [-0.2, -0.15) is 0 Å². The van der Waals surface area contributed by atoms with Gasteiger partial charge in [0, 0.05) is 4.70 Å². The summed E-state index contributed by atoms with van der Waals surface area (Å²) in [4.78, 5) is 11.6. The zero-order valence-corrected chi connectivity index (χ0v) is 9.42. The summed E-state index contributed by atoms with van der Waals surface area (Å²) in [5.41, 5.74) is 5.92. The highest BCUT2D eigenvalue weighted by Gasteiger charge is 2.47. The van der Waals surface area contributed by atoms with E-state index in [-0.39, 0.29) is 5.91 Å². The van der Waals surface area contributed by atoms with Crippen LogP contribution >= 0.6 is 11.3 Å². The Labute approximate surface area is 96.8 Å². The number of hydrogen-bond acceptors (Lipinski definition) is 3. The van der Waals surface area contributed by atoms with Crippen LogP contribution in [0.4, 0.5) is 0 Å². The van der Waals surface area contributed by atoms with Gasteiger partial charge in [-0.05, 0) is 22.4 Å². The molecule has 0 bridgehead atoms. The highest BCUT2D eigenvalue weighted by Crippen LogP contribution is 2.39. The number of fused-ring (bicyclic) bond motifs is 1. The molecule has 0 atom stereocenters. The van der Waals surface area contributed by atoms with Crippen molar-refractivity contribution in [2.24, 2.45) is 5.73 Å². The quantitative estimate of drug-likeness (QED) is 0.857. The average Bonchev–Trinajstić information content (AvgIpc) is 2.61. The van der Waals surface area contributed by atoms with Gasteiger partial charge in [-0.15, -0.1) is 11.3 Å². The van der Waals surface area contributed by atoms with Gasteiger partial charge >= 0.3 is 0 Å². The smallest absolute Gasteiger partial charge is 0.232 e. The fraction of sp³-hybridized carbons (Fsp3) is 0.250. The summed E-state index contributed by atoms with van der Waals surface area (Å²) < 4.78 is 6.36. The maximum atomic E-state index is 11.6. The van der Waals surface area contributed by atoms with Crippen molar-refractivity contribution in [3.8, 4) is 0 Å². The number of hydrogen-bond donors (Lipinski definition) is 1. The lowest BCUT2D eigenvalue weighted by Crippen LogP contribution is -2.56. The van der Waals surface area contributed by atoms with E-state index < -0.39 is 5.41 Å². The van der Waals surface area contributed by atoms with Crippen molar-refractivity contribution in [3.63, 3.8) is 0 Å². The van der Waals surface area contributed by atoms with Crippen LogP contribution in [0.1, 0.15) is 5.56 Å². The van der Waals surface area contributed by atoms with Gasteiger partial charge < -0.3 is 10.5 Å². The molecule has 0 spiro atoms. The van der Waals surface area contributed by atoms with E-state index in [9.17, 15) is 4.79 Å². The van der Waals surface area contributed by atoms with Crippen molar-refractivity contribution >= 4 is 27.3 Å². The van der Waals surface area contributed by atoms with Crippen LogP contribution in [0.15, 0.2) is 29.6 Å². The topological polar surface area (TPSA) is 52.3 Å². The van der Waals surface area contributed by atoms with E-state index >= 15 is 0 Å². The molecule has 1 aromatic carbocycles. The standard InChI is InChI=1S/C12H11NO2S/c13-11(14)12(6-15-7-12)9-5-16-10-4-2-1-3-8(9)10/h1-5H,6-7H2,(H2,13,14). The number of thiophene rings is 1. The molecule has 1 aromatic heterocycles. The Morgan fingerprint density at radius 3 is 2.75 bits per heavy atom. The lowest BCUT2D eigenvalue weighted by atomic mass is 9.78. The van der Waals surface area contributed by atoms with E-state index in [1.807, 2.05) is 23.6 Å². The Bertz CT molecular complexity index is 557. The molecular weight excluding hydrogens is 222 g/mol. The molecule has 1 fully saturated rings. The first kappa shape index (κ1) is 9.81. The molecule has 0 saturated carbocycles. The zero-order valence-electron chi connectivity index (χ0n) is 8.60. The molecule has 2 aromatic rings. The normalized spacial score (nSPS) is 18.2. The molecule has 2 N–H and O–H groups in total. The second kappa shape index (κ2) is 3.30. The molecule has 1 aliphatic heterocycles. The van der Waals surface area contributed by atoms with E-state index in [0.717, 1.165) is 10.9 Å². The SMILES string of the molecule is NC(=O)C1(c2csc3ccccc23)COC1. The Morgan fingerprint density at radius 1 is 1.38 bits per heavy atom. The van der Waals surface area contributed by atoms with Crippen molar-refractivity contribution in [1.29, 1.82) is 0 Å². The van der Waals surface area contributed by atoms with Crippen LogP contribution in [0.3, 0.4) is 0 Å². The van der Waals surface area contributed by atoms with Crippen molar-refractivity contribution in [2.45, 2.75) is 5.41 Å². The summed E-state index contributed by atoms with van der Waals surface area (Å²) in [5.74, 6) is -0.290. The van der Waals surface area contributed by atoms with Crippen LogP contribution in [0.25, 0.3) is 10.1 Å². The summed E-state index contributed by atoms with van der Waals surface area (Å²) in [7, 11) is 0. The van der Waals surface area contributed by atoms with Gasteiger partial charge in [-0.3, -0.25) is 4.79 Å². The van der Waals surface area contributed by atoms with Crippen molar-refractivity contribution in [3.05, 3.63) is 35.2 Å². The Balaban J connectivity index is 2.22. The molecule has 0 aliphatic carbocycles. The molecular formula is C12H11NO2S. The molecule has 4 heteroatoms. The predicted octanol–water partition coefficient (Wildman–Crippen LogP) is 1.65. The van der Waals surface area contributed by atoms with Crippen molar-refractivity contribution in [1.82, 2.24) is 0 Å². The highest BCUT2D eigenvalue weighted by molar-refractivity contribution is 7.17. The van der Waals surface area contributed by atoms with Crippen LogP contribution in [-0.2, 0) is 14.9 Å². The molecule has 0 unspecified atom stereocenters. The number of nitrogens with two attached hydrogens (primary N) is 1. The number of carbonyl (C=O) groups is 1. The van der Waals surface area contributed by atoms with Gasteiger partial charge in [-0.25, -0.2) is 0 Å². The van der Waals surface area contributed by atoms with Crippen LogP contribution in [0.5, 0.6) is 0 Å². The number of rotatable bonds is 2. The van der Waals surface area contributed by atoms with E-state index in [2.05, 4.69) is 6.07 Å². The summed E-state index contributed by atoms with van der Waals surface area (Å²) in [5, 5.41) is 3.15. The van der Waals surface area contributed by atoms with E-state index in [1.54, 1.807) is 11.3 Å². The molecule has 0 radical (unpaired) electrons. The fourth-order valence-electron chi connectivity index (χ4n) is 2.09. The van der Waals surface area contributed by atoms with Gasteiger partial charge in [0.1, 0.15) is 5.41 Å². The minimum Gasteiger partial charge on any atom is -0.378 e. The molecule has 3 rings (SSSR count). The largest absolute Gasteiger partial charge is 0.378 e. The van der Waals surface area contributed by atoms with Crippen LogP contribution in [0.2, 0.25) is 0 Å². The first-order chi connectivity index (χ1) is 7.74. The van der Waals surface area contributed by atoms with Crippen LogP contribution in [-0.4, -0.2) is 19.1 Å². The molecule has 1 amide bonds. The Morgan fingerprint density at radius 2 is 2.12 bits per heavy atom. The third kappa shape index (κ3) is 1.14. The zero-order chi connectivity index (χ0) is 11.2. The number of amides is 1. The van der Waals surface area contributed by atoms with Gasteiger partial charge in [-0.1, -0.05) is 18.2 Å². The monoisotopic (exact) mass is 233 g/mol. The molecule has 82 valence electrons. The summed E-state index contributed by atoms with van der Waals surface area (Å²) in [6.07, 6.45) is 0. The second-order valence-electron chi connectivity index (χ2n) is 4.08. The summed E-state index contributed by atoms with van der Waals surface area (Å²) in [6, 6.07) is 8.06. The Kier molecular flexibility index (Phi) is 2.02. The van der Waals surface area contributed by atoms with Crippen molar-refractivity contribution < 1.29 is 9.53 Å². The first-order valence-corrected chi connectivity index (χ1v) is 5.96. The molecule has 3 nitrogen and oxygen atoms in total. The molecule has 1 saturated heterocycles. The highest BCUT2D eigenvalue weighted by atomic mass is 32.1. The predicted molar refractivity (Wildman–Crippen MR) is 63.5 cm³/mol. The third-order valence-electron chi connectivity index (χ3n) is 3.17. The number of benzene rings is 1. The first-order valence-electron chi connectivity index (χ1n) is 5.08. The molecule has 2 heterocycles. The summed E-state index contributed by atoms with van der Waals surface area (Å²) >= 11 is 1.64. The van der Waals surface area contributed by atoms with Crippen molar-refractivity contribution in [2.75, 3.05) is 13.2 Å². The second-order valence-corrected chi connectivity index (χ2v) is 5.00. The van der Waals surface area contributed by atoms with Crippen LogP contribution < -0.4 is 5.73 Å². The maximum Gasteiger partial charge on any atom is 0.232 e. The maximum absolute atomic E-state index is 11.6. The number of primary amides is 1. The molecule has 16 heavy (non-hydrogen) atoms. The number of carbonyl (C=O) groups excluding carboxylic acids is 1. The van der Waals surface area contributed by atoms with Gasteiger partial charge in [0.2, 0.25) is 5.91 Å². The van der Waals surface area contributed by atoms with Gasteiger partial charge in [0.15, 0.2) is 0 Å². The van der Waals surface area contributed by atoms with E-state index in [4.69, 9.17) is 10.5 Å². The lowest BCUT2D eigenvalue weighted by Gasteiger charge is -2.38. The molecule has 1 aliphatic rings. The fourth-order valence-corrected chi connectivity index (χ4v) is 3.14. The lowest BCUT2D eigenvalue weighted by molar-refractivity contribution is -0.141. The Hall–Kier alpha value is -1.39. The van der Waals surface area contributed by atoms with Crippen LogP contribution in [0, 0.1) is 0 Å². The number of ether oxygens (including phenoxy) is 1. The van der Waals surface area contributed by atoms with E-state index in [0.29, 0.717) is 13.2 Å². The minimum absolute atomic E-state index is 0.290. The van der Waals surface area contributed by atoms with Gasteiger partial charge in [0.05, 0.1) is 13.2 Å². The minimum atomic E-state index is -0.598. The summed E-state index contributed by atoms with van der Waals surface area (Å²) in [6.45, 7) is 0.812. The van der Waals surface area contributed by atoms with E-state index in [1.165, 1.54) is 4.70 Å². The van der Waals surface area contributed by atoms with Gasteiger partial charge in [0.25, 0.3) is 0 Å². The third-order valence-corrected chi connectivity index (χ3v) is 4.13. The average molecular weight is 233 g/mol.